The van der Waals surface area contributed by atoms with Gasteiger partial charge < -0.3 is 13.7 Å². The maximum absolute atomic E-state index is 6.80. The summed E-state index contributed by atoms with van der Waals surface area (Å²) in [5.41, 5.74) is 12.8. The highest BCUT2D eigenvalue weighted by Crippen LogP contribution is 2.50. The highest BCUT2D eigenvalue weighted by Gasteiger charge is 2.26. The molecule has 2 aromatic heterocycles. The van der Waals surface area contributed by atoms with Crippen LogP contribution in [0.25, 0.3) is 76.9 Å². The van der Waals surface area contributed by atoms with Gasteiger partial charge in [0.25, 0.3) is 0 Å². The summed E-state index contributed by atoms with van der Waals surface area (Å²) in [4.78, 5) is 2.43. The Morgan fingerprint density at radius 3 is 1.82 bits per heavy atom. The highest BCUT2D eigenvalue weighted by atomic mass is 16.3. The van der Waals surface area contributed by atoms with Crippen LogP contribution in [0, 0.1) is 0 Å². The van der Waals surface area contributed by atoms with Gasteiger partial charge in [-0.2, -0.15) is 0 Å². The summed E-state index contributed by atoms with van der Waals surface area (Å²) in [6.07, 6.45) is 6.43. The second kappa shape index (κ2) is 13.1. The molecule has 55 heavy (non-hydrogen) atoms. The first-order valence-corrected chi connectivity index (χ1v) is 19.6. The molecule has 10 aromatic rings. The van der Waals surface area contributed by atoms with E-state index in [9.17, 15) is 0 Å². The van der Waals surface area contributed by atoms with Crippen molar-refractivity contribution in [3.63, 3.8) is 0 Å². The lowest BCUT2D eigenvalue weighted by molar-refractivity contribution is 0.445. The fourth-order valence-electron chi connectivity index (χ4n) is 9.35. The van der Waals surface area contributed by atoms with Gasteiger partial charge in [0.15, 0.2) is 5.58 Å². The number of para-hydroxylation sites is 5. The molecule has 0 spiro atoms. The normalized spacial score (nSPS) is 13.7. The largest absolute Gasteiger partial charge is 0.456 e. The van der Waals surface area contributed by atoms with Gasteiger partial charge in [0, 0.05) is 32.7 Å². The predicted octanol–water partition coefficient (Wildman–Crippen LogP) is 15.5. The average Bonchev–Trinajstić information content (AvgIpc) is 3.83. The van der Waals surface area contributed by atoms with Crippen LogP contribution in [0.2, 0.25) is 0 Å². The Kier molecular flexibility index (Phi) is 7.58. The van der Waals surface area contributed by atoms with E-state index < -0.39 is 0 Å². The van der Waals surface area contributed by atoms with Crippen molar-refractivity contribution >= 4 is 71.7 Å². The van der Waals surface area contributed by atoms with Crippen LogP contribution in [-0.4, -0.2) is 0 Å². The third-order valence-electron chi connectivity index (χ3n) is 11.9. The van der Waals surface area contributed by atoms with Crippen molar-refractivity contribution in [3.8, 4) is 22.3 Å². The Labute approximate surface area is 320 Å². The van der Waals surface area contributed by atoms with Gasteiger partial charge >= 0.3 is 0 Å². The Bertz CT molecular complexity index is 3040. The molecule has 0 bridgehead atoms. The molecule has 8 aromatic carbocycles. The van der Waals surface area contributed by atoms with Gasteiger partial charge in [-0.3, -0.25) is 0 Å². The Hall–Kier alpha value is -6.58. The SMILES string of the molecule is c1ccc(N(c2ccccc2-c2cccc3cccc(C4CCCCC4)c23)c2cccc3c2oc2ccccc23)c(-c2ccc3c(c2)oc2ccccc23)c1. The summed E-state index contributed by atoms with van der Waals surface area (Å²) in [5, 5.41) is 7.13. The van der Waals surface area contributed by atoms with Gasteiger partial charge in [-0.25, -0.2) is 0 Å². The molecule has 0 unspecified atom stereocenters. The highest BCUT2D eigenvalue weighted by molar-refractivity contribution is 6.12. The third kappa shape index (κ3) is 5.26. The topological polar surface area (TPSA) is 29.5 Å². The Morgan fingerprint density at radius 2 is 1.00 bits per heavy atom. The molecule has 1 aliphatic carbocycles. The van der Waals surface area contributed by atoms with E-state index >= 15 is 0 Å². The molecule has 264 valence electrons. The molecular formula is C52H39NO2. The molecule has 0 saturated heterocycles. The maximum atomic E-state index is 6.80. The van der Waals surface area contributed by atoms with Crippen molar-refractivity contribution in [2.24, 2.45) is 0 Å². The molecule has 0 N–H and O–H groups in total. The Balaban J connectivity index is 1.19. The summed E-state index contributed by atoms with van der Waals surface area (Å²) in [6.45, 7) is 0. The summed E-state index contributed by atoms with van der Waals surface area (Å²) in [5.74, 6) is 0.569. The molecule has 3 nitrogen and oxygen atoms in total. The van der Waals surface area contributed by atoms with E-state index in [1.807, 2.05) is 18.2 Å². The van der Waals surface area contributed by atoms with Crippen LogP contribution in [0.1, 0.15) is 43.6 Å². The van der Waals surface area contributed by atoms with E-state index in [4.69, 9.17) is 8.83 Å². The zero-order valence-corrected chi connectivity index (χ0v) is 30.5. The molecule has 1 aliphatic rings. The molecule has 1 saturated carbocycles. The third-order valence-corrected chi connectivity index (χ3v) is 11.9. The van der Waals surface area contributed by atoms with Crippen molar-refractivity contribution < 1.29 is 8.83 Å². The fourth-order valence-corrected chi connectivity index (χ4v) is 9.35. The van der Waals surface area contributed by atoms with Crippen LogP contribution in [0.3, 0.4) is 0 Å². The smallest absolute Gasteiger partial charge is 0.159 e. The van der Waals surface area contributed by atoms with Gasteiger partial charge in [-0.05, 0) is 88.7 Å². The average molecular weight is 710 g/mol. The van der Waals surface area contributed by atoms with E-state index in [1.165, 1.54) is 59.6 Å². The summed E-state index contributed by atoms with van der Waals surface area (Å²) >= 11 is 0. The zero-order valence-electron chi connectivity index (χ0n) is 30.5. The molecule has 0 aliphatic heterocycles. The number of hydrogen-bond donors (Lipinski definition) is 0. The van der Waals surface area contributed by atoms with Crippen LogP contribution < -0.4 is 4.90 Å². The van der Waals surface area contributed by atoms with E-state index in [-0.39, 0.29) is 0 Å². The van der Waals surface area contributed by atoms with Crippen LogP contribution in [0.4, 0.5) is 17.1 Å². The van der Waals surface area contributed by atoms with Crippen molar-refractivity contribution in [1.82, 2.24) is 0 Å². The van der Waals surface area contributed by atoms with Crippen LogP contribution in [0.15, 0.2) is 179 Å². The van der Waals surface area contributed by atoms with Crippen molar-refractivity contribution in [2.45, 2.75) is 38.0 Å². The number of nitrogens with zero attached hydrogens (tertiary/aromatic N) is 1. The van der Waals surface area contributed by atoms with E-state index in [0.717, 1.165) is 72.1 Å². The minimum atomic E-state index is 0.569. The molecule has 1 fully saturated rings. The molecule has 2 heterocycles. The van der Waals surface area contributed by atoms with Gasteiger partial charge in [-0.1, -0.05) is 147 Å². The Morgan fingerprint density at radius 1 is 0.418 bits per heavy atom. The molecule has 0 atom stereocenters. The van der Waals surface area contributed by atoms with Crippen molar-refractivity contribution in [1.29, 1.82) is 0 Å². The minimum absolute atomic E-state index is 0.569. The quantitative estimate of drug-likeness (QED) is 0.172. The summed E-state index contributed by atoms with van der Waals surface area (Å²) < 4.78 is 13.2. The van der Waals surface area contributed by atoms with Crippen molar-refractivity contribution in [3.05, 3.63) is 175 Å². The number of fused-ring (bicyclic) bond motifs is 7. The predicted molar refractivity (Wildman–Crippen MR) is 230 cm³/mol. The number of hydrogen-bond acceptors (Lipinski definition) is 3. The van der Waals surface area contributed by atoms with E-state index in [1.54, 1.807) is 0 Å². The lowest BCUT2D eigenvalue weighted by atomic mass is 9.80. The first-order valence-electron chi connectivity index (χ1n) is 19.6. The second-order valence-corrected chi connectivity index (χ2v) is 15.0. The van der Waals surface area contributed by atoms with Gasteiger partial charge in [0.05, 0.1) is 17.1 Å². The monoisotopic (exact) mass is 709 g/mol. The zero-order chi connectivity index (χ0) is 36.3. The number of rotatable bonds is 6. The van der Waals surface area contributed by atoms with Crippen LogP contribution in [-0.2, 0) is 0 Å². The van der Waals surface area contributed by atoms with Gasteiger partial charge in [-0.15, -0.1) is 0 Å². The first-order chi connectivity index (χ1) is 27.3. The van der Waals surface area contributed by atoms with Crippen molar-refractivity contribution in [2.75, 3.05) is 4.90 Å². The van der Waals surface area contributed by atoms with Crippen LogP contribution in [0.5, 0.6) is 0 Å². The molecule has 11 rings (SSSR count). The summed E-state index contributed by atoms with van der Waals surface area (Å²) in [6, 6.07) is 61.3. The van der Waals surface area contributed by atoms with Gasteiger partial charge in [0.2, 0.25) is 0 Å². The second-order valence-electron chi connectivity index (χ2n) is 15.0. The first kappa shape index (κ1) is 31.9. The van der Waals surface area contributed by atoms with Crippen LogP contribution >= 0.6 is 0 Å². The molecule has 3 heteroatoms. The standard InChI is InChI=1S/C52H39NO2/c1-2-15-34(16-3-1)38-23-12-17-35-18-13-24-43(51(35)38)39-20-5-9-27-46(39)53(47-28-14-25-44-41-22-7-11-30-49(41)55-52(44)47)45-26-8-4-19-37(45)36-31-32-42-40-21-6-10-29-48(40)54-50(42)33-36/h4-14,17-34H,1-3,15-16H2. The maximum Gasteiger partial charge on any atom is 0.159 e. The number of anilines is 3. The minimum Gasteiger partial charge on any atom is -0.456 e. The molecule has 0 radical (unpaired) electrons. The van der Waals surface area contributed by atoms with Gasteiger partial charge in [0.1, 0.15) is 16.7 Å². The lowest BCUT2D eigenvalue weighted by Gasteiger charge is -2.30. The van der Waals surface area contributed by atoms with E-state index in [0.29, 0.717) is 5.92 Å². The molecule has 0 amide bonds. The van der Waals surface area contributed by atoms with E-state index in [2.05, 4.69) is 157 Å². The number of benzene rings is 8. The fraction of sp³-hybridized carbons (Fsp3) is 0.115. The lowest BCUT2D eigenvalue weighted by Crippen LogP contribution is -2.13. The number of furan rings is 2. The summed E-state index contributed by atoms with van der Waals surface area (Å²) in [7, 11) is 0. The molecular weight excluding hydrogens is 671 g/mol.